The minimum atomic E-state index is -0.579. The van der Waals surface area contributed by atoms with E-state index in [-0.39, 0.29) is 11.8 Å². The zero-order chi connectivity index (χ0) is 13.7. The largest absolute Gasteiger partial charge is 0.389 e. The standard InChI is InChI=1S/C14H18BrNO2/c1-9(2)13(7-10(3)17)16-14(18)11-5-4-6-12(15)8-11/h4-10,17H,1-3H3,(H,16,18)/b13-7+. The summed E-state index contributed by atoms with van der Waals surface area (Å²) in [7, 11) is 0. The molecule has 1 amide bonds. The number of allylic oxidation sites excluding steroid dienone is 1. The molecule has 4 heteroatoms. The van der Waals surface area contributed by atoms with Crippen molar-refractivity contribution in [1.82, 2.24) is 5.32 Å². The van der Waals surface area contributed by atoms with Crippen molar-refractivity contribution in [2.45, 2.75) is 26.9 Å². The Kier molecular flexibility index (Phi) is 5.56. The number of carbonyl (C=O) groups is 1. The normalized spacial score (nSPS) is 13.6. The monoisotopic (exact) mass is 311 g/mol. The molecule has 1 unspecified atom stereocenters. The summed E-state index contributed by atoms with van der Waals surface area (Å²) in [6.45, 7) is 5.60. The van der Waals surface area contributed by atoms with Crippen LogP contribution in [-0.2, 0) is 0 Å². The molecule has 1 aromatic rings. The van der Waals surface area contributed by atoms with Crippen molar-refractivity contribution >= 4 is 21.8 Å². The Morgan fingerprint density at radius 1 is 1.39 bits per heavy atom. The van der Waals surface area contributed by atoms with Gasteiger partial charge in [0.25, 0.3) is 5.91 Å². The first-order chi connectivity index (χ1) is 8.40. The lowest BCUT2D eigenvalue weighted by Crippen LogP contribution is -2.26. The first kappa shape index (κ1) is 14.9. The van der Waals surface area contributed by atoms with E-state index in [1.54, 1.807) is 25.1 Å². The molecule has 0 saturated heterocycles. The average molecular weight is 312 g/mol. The number of halogens is 1. The number of hydrogen-bond donors (Lipinski definition) is 2. The fourth-order valence-electron chi connectivity index (χ4n) is 1.47. The SMILES string of the molecule is CC(O)/C=C(/NC(=O)c1cccc(Br)c1)C(C)C. The van der Waals surface area contributed by atoms with Crippen LogP contribution in [0.2, 0.25) is 0 Å². The highest BCUT2D eigenvalue weighted by Gasteiger charge is 2.11. The van der Waals surface area contributed by atoms with Gasteiger partial charge in [-0.05, 0) is 37.1 Å². The number of amides is 1. The zero-order valence-corrected chi connectivity index (χ0v) is 12.4. The predicted octanol–water partition coefficient (Wildman–Crippen LogP) is 3.10. The molecule has 0 saturated carbocycles. The number of aliphatic hydroxyl groups is 1. The molecule has 0 bridgehead atoms. The smallest absolute Gasteiger partial charge is 0.255 e. The van der Waals surface area contributed by atoms with E-state index in [2.05, 4.69) is 21.2 Å². The molecule has 18 heavy (non-hydrogen) atoms. The van der Waals surface area contributed by atoms with Crippen LogP contribution in [0.1, 0.15) is 31.1 Å². The third-order valence-corrected chi connectivity index (χ3v) is 2.88. The lowest BCUT2D eigenvalue weighted by Gasteiger charge is -2.14. The summed E-state index contributed by atoms with van der Waals surface area (Å²) in [5.41, 5.74) is 1.32. The maximum Gasteiger partial charge on any atom is 0.255 e. The van der Waals surface area contributed by atoms with Gasteiger partial charge in [0.2, 0.25) is 0 Å². The Labute approximate surface area is 116 Å². The van der Waals surface area contributed by atoms with Crippen molar-refractivity contribution in [3.05, 3.63) is 46.1 Å². The van der Waals surface area contributed by atoms with Gasteiger partial charge in [0.05, 0.1) is 6.10 Å². The molecule has 98 valence electrons. The quantitative estimate of drug-likeness (QED) is 0.897. The van der Waals surface area contributed by atoms with E-state index < -0.39 is 6.10 Å². The third-order valence-electron chi connectivity index (χ3n) is 2.39. The minimum absolute atomic E-state index is 0.149. The fourth-order valence-corrected chi connectivity index (χ4v) is 1.87. The van der Waals surface area contributed by atoms with Crippen molar-refractivity contribution in [3.8, 4) is 0 Å². The number of hydrogen-bond acceptors (Lipinski definition) is 2. The summed E-state index contributed by atoms with van der Waals surface area (Å²) in [5.74, 6) is -0.0207. The first-order valence-corrected chi connectivity index (χ1v) is 6.66. The topological polar surface area (TPSA) is 49.3 Å². The predicted molar refractivity (Wildman–Crippen MR) is 76.2 cm³/mol. The number of carbonyl (C=O) groups excluding carboxylic acids is 1. The Morgan fingerprint density at radius 3 is 2.56 bits per heavy atom. The molecule has 2 N–H and O–H groups in total. The van der Waals surface area contributed by atoms with Crippen molar-refractivity contribution in [1.29, 1.82) is 0 Å². The van der Waals surface area contributed by atoms with E-state index in [1.807, 2.05) is 26.0 Å². The molecule has 0 aliphatic heterocycles. The van der Waals surface area contributed by atoms with Gasteiger partial charge in [0, 0.05) is 15.7 Å². The molecule has 0 aliphatic carbocycles. The molecule has 0 fully saturated rings. The third kappa shape index (κ3) is 4.63. The maximum atomic E-state index is 12.0. The van der Waals surface area contributed by atoms with Gasteiger partial charge >= 0.3 is 0 Å². The van der Waals surface area contributed by atoms with Gasteiger partial charge in [-0.1, -0.05) is 35.8 Å². The van der Waals surface area contributed by atoms with Crippen LogP contribution in [0.3, 0.4) is 0 Å². The number of nitrogens with one attached hydrogen (secondary N) is 1. The summed E-state index contributed by atoms with van der Waals surface area (Å²) >= 11 is 3.33. The van der Waals surface area contributed by atoms with Gasteiger partial charge in [-0.2, -0.15) is 0 Å². The van der Waals surface area contributed by atoms with Gasteiger partial charge in [0.1, 0.15) is 0 Å². The Balaban J connectivity index is 2.86. The molecule has 0 aromatic heterocycles. The number of aliphatic hydroxyl groups excluding tert-OH is 1. The van der Waals surface area contributed by atoms with E-state index in [0.717, 1.165) is 10.2 Å². The Morgan fingerprint density at radius 2 is 2.06 bits per heavy atom. The van der Waals surface area contributed by atoms with Crippen LogP contribution in [-0.4, -0.2) is 17.1 Å². The highest BCUT2D eigenvalue weighted by Crippen LogP contribution is 2.13. The summed E-state index contributed by atoms with van der Waals surface area (Å²) in [4.78, 5) is 12.0. The van der Waals surface area contributed by atoms with Crippen LogP contribution >= 0.6 is 15.9 Å². The van der Waals surface area contributed by atoms with E-state index in [4.69, 9.17) is 0 Å². The van der Waals surface area contributed by atoms with Crippen molar-refractivity contribution in [3.63, 3.8) is 0 Å². The van der Waals surface area contributed by atoms with Gasteiger partial charge in [-0.15, -0.1) is 0 Å². The van der Waals surface area contributed by atoms with Crippen LogP contribution in [0.25, 0.3) is 0 Å². The van der Waals surface area contributed by atoms with Crippen LogP contribution in [0.4, 0.5) is 0 Å². The van der Waals surface area contributed by atoms with Crippen molar-refractivity contribution in [2.75, 3.05) is 0 Å². The van der Waals surface area contributed by atoms with Crippen LogP contribution in [0, 0.1) is 5.92 Å². The highest BCUT2D eigenvalue weighted by atomic mass is 79.9. The van der Waals surface area contributed by atoms with Crippen LogP contribution in [0.15, 0.2) is 40.5 Å². The molecular formula is C14H18BrNO2. The fraction of sp³-hybridized carbons (Fsp3) is 0.357. The van der Waals surface area contributed by atoms with E-state index in [0.29, 0.717) is 5.56 Å². The second-order valence-electron chi connectivity index (χ2n) is 4.48. The Hall–Kier alpha value is -1.13. The summed E-state index contributed by atoms with van der Waals surface area (Å²) in [5, 5.41) is 12.2. The van der Waals surface area contributed by atoms with Crippen molar-refractivity contribution < 1.29 is 9.90 Å². The van der Waals surface area contributed by atoms with E-state index in [1.165, 1.54) is 0 Å². The molecule has 1 atom stereocenters. The van der Waals surface area contributed by atoms with Crippen LogP contribution in [0.5, 0.6) is 0 Å². The average Bonchev–Trinajstić information content (AvgIpc) is 2.27. The Bertz CT molecular complexity index is 453. The lowest BCUT2D eigenvalue weighted by atomic mass is 10.1. The molecular weight excluding hydrogens is 294 g/mol. The molecule has 1 rings (SSSR count). The molecule has 0 heterocycles. The summed E-state index contributed by atoms with van der Waals surface area (Å²) < 4.78 is 0.862. The lowest BCUT2D eigenvalue weighted by molar-refractivity contribution is 0.0961. The first-order valence-electron chi connectivity index (χ1n) is 5.87. The summed E-state index contributed by atoms with van der Waals surface area (Å²) in [6, 6.07) is 7.19. The van der Waals surface area contributed by atoms with Gasteiger partial charge in [0.15, 0.2) is 0 Å². The molecule has 0 aliphatic rings. The molecule has 0 radical (unpaired) electrons. The minimum Gasteiger partial charge on any atom is -0.389 e. The highest BCUT2D eigenvalue weighted by molar-refractivity contribution is 9.10. The van der Waals surface area contributed by atoms with Crippen LogP contribution < -0.4 is 5.32 Å². The molecule has 3 nitrogen and oxygen atoms in total. The molecule has 1 aromatic carbocycles. The van der Waals surface area contributed by atoms with E-state index >= 15 is 0 Å². The second kappa shape index (κ2) is 6.71. The second-order valence-corrected chi connectivity index (χ2v) is 5.40. The van der Waals surface area contributed by atoms with Gasteiger partial charge in [-0.3, -0.25) is 4.79 Å². The number of benzene rings is 1. The number of rotatable bonds is 4. The summed E-state index contributed by atoms with van der Waals surface area (Å²) in [6.07, 6.45) is 1.07. The zero-order valence-electron chi connectivity index (χ0n) is 10.8. The van der Waals surface area contributed by atoms with Gasteiger partial charge in [-0.25, -0.2) is 0 Å². The molecule has 0 spiro atoms. The maximum absolute atomic E-state index is 12.0. The van der Waals surface area contributed by atoms with E-state index in [9.17, 15) is 9.90 Å². The van der Waals surface area contributed by atoms with Gasteiger partial charge < -0.3 is 10.4 Å². The van der Waals surface area contributed by atoms with Crippen molar-refractivity contribution in [2.24, 2.45) is 5.92 Å².